The Bertz CT molecular complexity index is 1100. The van der Waals surface area contributed by atoms with E-state index in [1.807, 2.05) is 24.4 Å². The zero-order valence-corrected chi connectivity index (χ0v) is 18.7. The second-order valence-corrected chi connectivity index (χ2v) is 8.67. The molecule has 5 rings (SSSR count). The number of halogens is 1. The van der Waals surface area contributed by atoms with Gasteiger partial charge in [-0.05, 0) is 42.3 Å². The standard InChI is InChI=1S/C26H31FN4O/c1-32-26-5-3-2-4-25(26)31-16-14-30(15-17-31)13-12-29-10-8-20(9-11-29)23-19-28-24-7-6-21(27)18-22(23)24/h2-8,18-19,28H,9-17H2,1H3. The van der Waals surface area contributed by atoms with Crippen LogP contribution in [0.1, 0.15) is 12.0 Å². The van der Waals surface area contributed by atoms with E-state index in [0.29, 0.717) is 0 Å². The normalized spacial score (nSPS) is 18.2. The molecule has 0 aliphatic carbocycles. The number of hydrogen-bond acceptors (Lipinski definition) is 4. The van der Waals surface area contributed by atoms with Gasteiger partial charge in [0.15, 0.2) is 0 Å². The Kier molecular flexibility index (Phi) is 6.14. The Labute approximate surface area is 189 Å². The van der Waals surface area contributed by atoms with Crippen molar-refractivity contribution in [2.45, 2.75) is 6.42 Å². The van der Waals surface area contributed by atoms with E-state index >= 15 is 0 Å². The first-order valence-electron chi connectivity index (χ1n) is 11.5. The third-order valence-electron chi connectivity index (χ3n) is 6.81. The van der Waals surface area contributed by atoms with Gasteiger partial charge in [0, 0.05) is 75.0 Å². The van der Waals surface area contributed by atoms with Crippen LogP contribution >= 0.6 is 0 Å². The summed E-state index contributed by atoms with van der Waals surface area (Å²) in [7, 11) is 1.74. The minimum atomic E-state index is -0.179. The number of aromatic amines is 1. The van der Waals surface area contributed by atoms with Crippen molar-refractivity contribution in [3.05, 3.63) is 66.1 Å². The Hall–Kier alpha value is -2.83. The van der Waals surface area contributed by atoms with Crippen LogP contribution in [0.4, 0.5) is 10.1 Å². The average molecular weight is 435 g/mol. The summed E-state index contributed by atoms with van der Waals surface area (Å²) >= 11 is 0. The van der Waals surface area contributed by atoms with Crippen LogP contribution < -0.4 is 9.64 Å². The lowest BCUT2D eigenvalue weighted by Gasteiger charge is -2.37. The highest BCUT2D eigenvalue weighted by Gasteiger charge is 2.21. The highest BCUT2D eigenvalue weighted by molar-refractivity contribution is 5.92. The van der Waals surface area contributed by atoms with Crippen molar-refractivity contribution in [1.82, 2.24) is 14.8 Å². The molecule has 1 aromatic heterocycles. The zero-order chi connectivity index (χ0) is 21.9. The smallest absolute Gasteiger partial charge is 0.142 e. The maximum absolute atomic E-state index is 13.7. The van der Waals surface area contributed by atoms with Crippen molar-refractivity contribution < 1.29 is 9.13 Å². The van der Waals surface area contributed by atoms with Crippen LogP contribution in [0, 0.1) is 5.82 Å². The van der Waals surface area contributed by atoms with Gasteiger partial charge in [0.1, 0.15) is 11.6 Å². The maximum atomic E-state index is 13.7. The molecule has 0 saturated carbocycles. The molecule has 0 bridgehead atoms. The molecule has 5 nitrogen and oxygen atoms in total. The van der Waals surface area contributed by atoms with E-state index in [-0.39, 0.29) is 5.82 Å². The summed E-state index contributed by atoms with van der Waals surface area (Å²) in [5.41, 5.74) is 4.66. The topological polar surface area (TPSA) is 34.7 Å². The molecule has 3 heterocycles. The fraction of sp³-hybridized carbons (Fsp3) is 0.385. The molecule has 0 spiro atoms. The van der Waals surface area contributed by atoms with Gasteiger partial charge >= 0.3 is 0 Å². The molecule has 168 valence electrons. The first kappa shape index (κ1) is 21.0. The number of rotatable bonds is 6. The Morgan fingerprint density at radius 2 is 1.78 bits per heavy atom. The van der Waals surface area contributed by atoms with Crippen LogP contribution in [0.15, 0.2) is 54.7 Å². The van der Waals surface area contributed by atoms with Crippen LogP contribution in [0.25, 0.3) is 16.5 Å². The van der Waals surface area contributed by atoms with E-state index < -0.39 is 0 Å². The third-order valence-corrected chi connectivity index (χ3v) is 6.81. The fourth-order valence-corrected chi connectivity index (χ4v) is 4.90. The lowest BCUT2D eigenvalue weighted by molar-refractivity contribution is 0.205. The summed E-state index contributed by atoms with van der Waals surface area (Å²) in [4.78, 5) is 10.8. The summed E-state index contributed by atoms with van der Waals surface area (Å²) in [6, 6.07) is 13.2. The van der Waals surface area contributed by atoms with Crippen molar-refractivity contribution in [3.63, 3.8) is 0 Å². The number of H-pyrrole nitrogens is 1. The summed E-state index contributed by atoms with van der Waals surface area (Å²) in [6.07, 6.45) is 5.34. The molecule has 0 unspecified atom stereocenters. The Morgan fingerprint density at radius 1 is 0.969 bits per heavy atom. The molecule has 2 aliphatic heterocycles. The molecule has 6 heteroatoms. The van der Waals surface area contributed by atoms with Gasteiger partial charge in [0.05, 0.1) is 12.8 Å². The molecule has 2 aromatic carbocycles. The SMILES string of the molecule is COc1ccccc1N1CCN(CCN2CC=C(c3c[nH]c4ccc(F)cc34)CC2)CC1. The molecule has 1 fully saturated rings. The maximum Gasteiger partial charge on any atom is 0.142 e. The van der Waals surface area contributed by atoms with Crippen LogP contribution in [0.5, 0.6) is 5.75 Å². The van der Waals surface area contributed by atoms with Crippen LogP contribution in [0.2, 0.25) is 0 Å². The lowest BCUT2D eigenvalue weighted by atomic mass is 9.99. The fourth-order valence-electron chi connectivity index (χ4n) is 4.90. The minimum absolute atomic E-state index is 0.179. The number of nitrogens with zero attached hydrogens (tertiary/aromatic N) is 3. The number of methoxy groups -OCH3 is 1. The van der Waals surface area contributed by atoms with Gasteiger partial charge in [-0.3, -0.25) is 9.80 Å². The predicted octanol–water partition coefficient (Wildman–Crippen LogP) is 4.23. The molecule has 1 N–H and O–H groups in total. The van der Waals surface area contributed by atoms with E-state index in [1.165, 1.54) is 17.3 Å². The van der Waals surface area contributed by atoms with Gasteiger partial charge in [-0.2, -0.15) is 0 Å². The van der Waals surface area contributed by atoms with Gasteiger partial charge in [0.2, 0.25) is 0 Å². The van der Waals surface area contributed by atoms with Crippen molar-refractivity contribution in [1.29, 1.82) is 0 Å². The number of aromatic nitrogens is 1. The second-order valence-electron chi connectivity index (χ2n) is 8.67. The number of piperazine rings is 1. The van der Waals surface area contributed by atoms with Crippen LogP contribution in [-0.4, -0.2) is 74.3 Å². The number of para-hydroxylation sites is 2. The number of ether oxygens (including phenoxy) is 1. The molecular formula is C26H31FN4O. The minimum Gasteiger partial charge on any atom is -0.495 e. The largest absolute Gasteiger partial charge is 0.495 e. The quantitative estimate of drug-likeness (QED) is 0.630. The Morgan fingerprint density at radius 3 is 2.56 bits per heavy atom. The van der Waals surface area contributed by atoms with Crippen molar-refractivity contribution >= 4 is 22.2 Å². The van der Waals surface area contributed by atoms with Crippen molar-refractivity contribution in [3.8, 4) is 5.75 Å². The summed E-state index contributed by atoms with van der Waals surface area (Å²) in [5.74, 6) is 0.775. The monoisotopic (exact) mass is 434 g/mol. The van der Waals surface area contributed by atoms with Crippen LogP contribution in [-0.2, 0) is 0 Å². The summed E-state index contributed by atoms with van der Waals surface area (Å²) in [5, 5.41) is 0.984. The molecular weight excluding hydrogens is 403 g/mol. The van der Waals surface area contributed by atoms with Crippen molar-refractivity contribution in [2.75, 3.05) is 64.4 Å². The third kappa shape index (κ3) is 4.38. The average Bonchev–Trinajstić information content (AvgIpc) is 3.26. The summed E-state index contributed by atoms with van der Waals surface area (Å²) < 4.78 is 19.2. The first-order chi connectivity index (χ1) is 15.7. The summed E-state index contributed by atoms with van der Waals surface area (Å²) in [6.45, 7) is 8.40. The number of benzene rings is 2. The van der Waals surface area contributed by atoms with E-state index in [4.69, 9.17) is 4.74 Å². The van der Waals surface area contributed by atoms with Gasteiger partial charge in [0.25, 0.3) is 0 Å². The van der Waals surface area contributed by atoms with E-state index in [2.05, 4.69) is 37.9 Å². The second kappa shape index (κ2) is 9.35. The lowest BCUT2D eigenvalue weighted by Crippen LogP contribution is -2.48. The highest BCUT2D eigenvalue weighted by Crippen LogP contribution is 2.30. The Balaban J connectivity index is 1.12. The van der Waals surface area contributed by atoms with E-state index in [1.54, 1.807) is 13.2 Å². The molecule has 2 aliphatic rings. The van der Waals surface area contributed by atoms with Crippen LogP contribution in [0.3, 0.4) is 0 Å². The van der Waals surface area contributed by atoms with Crippen molar-refractivity contribution in [2.24, 2.45) is 0 Å². The molecule has 1 saturated heterocycles. The first-order valence-corrected chi connectivity index (χ1v) is 11.5. The van der Waals surface area contributed by atoms with Gasteiger partial charge in [-0.15, -0.1) is 0 Å². The molecule has 0 radical (unpaired) electrons. The van der Waals surface area contributed by atoms with E-state index in [9.17, 15) is 4.39 Å². The molecule has 3 aromatic rings. The number of nitrogens with one attached hydrogen (secondary N) is 1. The molecule has 32 heavy (non-hydrogen) atoms. The predicted molar refractivity (Wildman–Crippen MR) is 129 cm³/mol. The number of fused-ring (bicyclic) bond motifs is 1. The number of hydrogen-bond donors (Lipinski definition) is 1. The van der Waals surface area contributed by atoms with Gasteiger partial charge in [-0.1, -0.05) is 18.2 Å². The van der Waals surface area contributed by atoms with Gasteiger partial charge in [-0.25, -0.2) is 4.39 Å². The number of anilines is 1. The zero-order valence-electron chi connectivity index (χ0n) is 18.7. The highest BCUT2D eigenvalue weighted by atomic mass is 19.1. The molecule has 0 amide bonds. The van der Waals surface area contributed by atoms with Gasteiger partial charge < -0.3 is 14.6 Å². The van der Waals surface area contributed by atoms with E-state index in [0.717, 1.165) is 81.0 Å². The molecule has 0 atom stereocenters.